The van der Waals surface area contributed by atoms with Crippen molar-refractivity contribution in [3.05, 3.63) is 34.9 Å². The van der Waals surface area contributed by atoms with Gasteiger partial charge >= 0.3 is 6.03 Å². The lowest BCUT2D eigenvalue weighted by atomic mass is 10.0. The van der Waals surface area contributed by atoms with Crippen LogP contribution in [0.15, 0.2) is 18.2 Å². The van der Waals surface area contributed by atoms with Crippen molar-refractivity contribution in [1.29, 1.82) is 0 Å². The summed E-state index contributed by atoms with van der Waals surface area (Å²) in [4.78, 5) is 11.7. The average Bonchev–Trinajstić information content (AvgIpc) is 2.42. The standard InChI is InChI=1S/C17H28N2O3S/c1-12-8-13(2)10-14(9-12)15(20)11-19-16(21)18-6-7-23(22)17(3,4)5/h8-10,15,20H,6-7,11H2,1-5H3,(H2,18,19,21)/t15-,23-/m1/s1. The van der Waals surface area contributed by atoms with Crippen LogP contribution in [0.2, 0.25) is 0 Å². The average molecular weight is 340 g/mol. The molecule has 0 aromatic heterocycles. The number of urea groups is 1. The number of aliphatic hydroxyl groups excluding tert-OH is 1. The molecule has 0 saturated heterocycles. The van der Waals surface area contributed by atoms with E-state index in [9.17, 15) is 14.1 Å². The lowest BCUT2D eigenvalue weighted by Gasteiger charge is -2.18. The van der Waals surface area contributed by atoms with Crippen LogP contribution in [-0.4, -0.2) is 38.9 Å². The Kier molecular flexibility index (Phi) is 7.22. The van der Waals surface area contributed by atoms with Gasteiger partial charge in [-0.25, -0.2) is 4.79 Å². The first-order valence-electron chi connectivity index (χ1n) is 7.76. The molecule has 1 rings (SSSR count). The van der Waals surface area contributed by atoms with Gasteiger partial charge in [0.25, 0.3) is 0 Å². The lowest BCUT2D eigenvalue weighted by molar-refractivity contribution is 0.173. The molecule has 0 bridgehead atoms. The van der Waals surface area contributed by atoms with Gasteiger partial charge < -0.3 is 15.7 Å². The van der Waals surface area contributed by atoms with Gasteiger partial charge in [0.2, 0.25) is 0 Å². The highest BCUT2D eigenvalue weighted by Crippen LogP contribution is 2.16. The highest BCUT2D eigenvalue weighted by atomic mass is 32.2. The zero-order chi connectivity index (χ0) is 17.6. The maximum atomic E-state index is 11.9. The predicted octanol–water partition coefficient (Wildman–Crippen LogP) is 2.18. The minimum absolute atomic E-state index is 0.136. The molecule has 0 aliphatic heterocycles. The fourth-order valence-electron chi connectivity index (χ4n) is 2.14. The van der Waals surface area contributed by atoms with Crippen molar-refractivity contribution >= 4 is 16.8 Å². The minimum Gasteiger partial charge on any atom is -0.387 e. The highest BCUT2D eigenvalue weighted by molar-refractivity contribution is 7.86. The Bertz CT molecular complexity index is 547. The molecule has 130 valence electrons. The van der Waals surface area contributed by atoms with E-state index in [1.54, 1.807) is 0 Å². The van der Waals surface area contributed by atoms with Gasteiger partial charge in [0, 0.05) is 34.4 Å². The van der Waals surface area contributed by atoms with E-state index in [0.717, 1.165) is 16.7 Å². The van der Waals surface area contributed by atoms with E-state index in [0.29, 0.717) is 12.3 Å². The SMILES string of the molecule is Cc1cc(C)cc([C@H](O)CNC(=O)NCC[S@@](=O)C(C)(C)C)c1. The van der Waals surface area contributed by atoms with E-state index in [2.05, 4.69) is 10.6 Å². The number of carbonyl (C=O) groups excluding carboxylic acids is 1. The molecule has 5 nitrogen and oxygen atoms in total. The molecule has 2 amide bonds. The van der Waals surface area contributed by atoms with E-state index < -0.39 is 16.9 Å². The molecule has 0 fully saturated rings. The normalized spacial score (nSPS) is 14.2. The van der Waals surface area contributed by atoms with E-state index in [1.807, 2.05) is 52.8 Å². The van der Waals surface area contributed by atoms with E-state index in [-0.39, 0.29) is 17.3 Å². The molecule has 3 N–H and O–H groups in total. The van der Waals surface area contributed by atoms with Crippen LogP contribution >= 0.6 is 0 Å². The first kappa shape index (κ1) is 19.6. The number of rotatable bonds is 6. The fraction of sp³-hybridized carbons (Fsp3) is 0.588. The second-order valence-corrected chi connectivity index (χ2v) is 9.06. The Hall–Kier alpha value is -1.40. The monoisotopic (exact) mass is 340 g/mol. The second-order valence-electron chi connectivity index (χ2n) is 6.74. The van der Waals surface area contributed by atoms with E-state index in [1.165, 1.54) is 0 Å². The summed E-state index contributed by atoms with van der Waals surface area (Å²) in [6, 6.07) is 5.48. The van der Waals surface area contributed by atoms with Crippen molar-refractivity contribution in [2.45, 2.75) is 45.5 Å². The fourth-order valence-corrected chi connectivity index (χ4v) is 3.04. The van der Waals surface area contributed by atoms with Crippen molar-refractivity contribution in [2.75, 3.05) is 18.8 Å². The van der Waals surface area contributed by atoms with Gasteiger partial charge in [-0.1, -0.05) is 29.3 Å². The first-order chi connectivity index (χ1) is 10.6. The Morgan fingerprint density at radius 3 is 2.26 bits per heavy atom. The van der Waals surface area contributed by atoms with Gasteiger partial charge in [-0.3, -0.25) is 4.21 Å². The Morgan fingerprint density at radius 2 is 1.74 bits per heavy atom. The molecule has 0 saturated carbocycles. The molecule has 0 aliphatic carbocycles. The summed E-state index contributed by atoms with van der Waals surface area (Å²) in [5.41, 5.74) is 2.94. The molecular weight excluding hydrogens is 312 g/mol. The number of carbonyl (C=O) groups is 1. The maximum absolute atomic E-state index is 11.9. The Balaban J connectivity index is 2.37. The van der Waals surface area contributed by atoms with Crippen molar-refractivity contribution in [3.63, 3.8) is 0 Å². The van der Waals surface area contributed by atoms with Crippen LogP contribution in [0.1, 0.15) is 43.6 Å². The molecule has 0 unspecified atom stereocenters. The van der Waals surface area contributed by atoms with Crippen LogP contribution in [0, 0.1) is 13.8 Å². The topological polar surface area (TPSA) is 78.4 Å². The molecule has 6 heteroatoms. The largest absolute Gasteiger partial charge is 0.387 e. The summed E-state index contributed by atoms with van der Waals surface area (Å²) in [5, 5.41) is 15.4. The molecule has 0 heterocycles. The molecule has 1 aromatic rings. The molecule has 2 atom stereocenters. The smallest absolute Gasteiger partial charge is 0.314 e. The predicted molar refractivity (Wildman–Crippen MR) is 95.0 cm³/mol. The summed E-state index contributed by atoms with van der Waals surface area (Å²) in [6.45, 7) is 10.1. The van der Waals surface area contributed by atoms with Crippen molar-refractivity contribution in [2.24, 2.45) is 0 Å². The number of aliphatic hydroxyl groups is 1. The van der Waals surface area contributed by atoms with Crippen LogP contribution in [0.3, 0.4) is 0 Å². The molecule has 0 radical (unpaired) electrons. The van der Waals surface area contributed by atoms with Crippen molar-refractivity contribution in [1.82, 2.24) is 10.6 Å². The number of hydrogen-bond donors (Lipinski definition) is 3. The third-order valence-electron chi connectivity index (χ3n) is 3.34. The number of hydrogen-bond acceptors (Lipinski definition) is 3. The van der Waals surface area contributed by atoms with Crippen molar-refractivity contribution in [3.8, 4) is 0 Å². The van der Waals surface area contributed by atoms with Gasteiger partial charge in [-0.2, -0.15) is 0 Å². The van der Waals surface area contributed by atoms with Crippen molar-refractivity contribution < 1.29 is 14.1 Å². The summed E-state index contributed by atoms with van der Waals surface area (Å²) < 4.78 is 11.6. The Morgan fingerprint density at radius 1 is 1.17 bits per heavy atom. The number of aryl methyl sites for hydroxylation is 2. The lowest BCUT2D eigenvalue weighted by Crippen LogP contribution is -2.40. The zero-order valence-electron chi connectivity index (χ0n) is 14.6. The van der Waals surface area contributed by atoms with Crippen LogP contribution in [0.4, 0.5) is 4.79 Å². The van der Waals surface area contributed by atoms with Gasteiger partial charge in [0.15, 0.2) is 0 Å². The minimum atomic E-state index is -0.993. The third kappa shape index (κ3) is 7.14. The van der Waals surface area contributed by atoms with Crippen LogP contribution in [0.25, 0.3) is 0 Å². The van der Waals surface area contributed by atoms with Gasteiger partial charge in [0.05, 0.1) is 6.10 Å². The molecule has 0 aliphatic rings. The third-order valence-corrected chi connectivity index (χ3v) is 5.28. The van der Waals surface area contributed by atoms with Gasteiger partial charge in [-0.05, 0) is 40.2 Å². The van der Waals surface area contributed by atoms with Crippen LogP contribution in [0.5, 0.6) is 0 Å². The number of nitrogens with one attached hydrogen (secondary N) is 2. The van der Waals surface area contributed by atoms with E-state index in [4.69, 9.17) is 0 Å². The maximum Gasteiger partial charge on any atom is 0.314 e. The molecule has 0 spiro atoms. The number of benzene rings is 1. The molecule has 23 heavy (non-hydrogen) atoms. The van der Waals surface area contributed by atoms with Gasteiger partial charge in [-0.15, -0.1) is 0 Å². The molecule has 1 aromatic carbocycles. The first-order valence-corrected chi connectivity index (χ1v) is 9.08. The summed E-state index contributed by atoms with van der Waals surface area (Å²) >= 11 is 0. The summed E-state index contributed by atoms with van der Waals surface area (Å²) in [7, 11) is -0.993. The van der Waals surface area contributed by atoms with Crippen LogP contribution < -0.4 is 10.6 Å². The zero-order valence-corrected chi connectivity index (χ0v) is 15.4. The van der Waals surface area contributed by atoms with Gasteiger partial charge in [0.1, 0.15) is 0 Å². The van der Waals surface area contributed by atoms with Crippen LogP contribution in [-0.2, 0) is 10.8 Å². The van der Waals surface area contributed by atoms with E-state index >= 15 is 0 Å². The molecular formula is C17H28N2O3S. The summed E-state index contributed by atoms with van der Waals surface area (Å²) in [5.74, 6) is 0.413. The summed E-state index contributed by atoms with van der Waals surface area (Å²) in [6.07, 6.45) is -0.747. The highest BCUT2D eigenvalue weighted by Gasteiger charge is 2.19. The number of amides is 2. The second kappa shape index (κ2) is 8.45. The quantitative estimate of drug-likeness (QED) is 0.743. The Labute approximate surface area is 141 Å².